The lowest BCUT2D eigenvalue weighted by Gasteiger charge is -2.31. The highest BCUT2D eigenvalue weighted by atomic mass is 16.3. The lowest BCUT2D eigenvalue weighted by Crippen LogP contribution is -2.43. The molecule has 0 atom stereocenters. The molecule has 0 aliphatic carbocycles. The zero-order valence-electron chi connectivity index (χ0n) is 10.7. The average Bonchev–Trinajstić information content (AvgIpc) is 2.73. The molecule has 2 aromatic rings. The van der Waals surface area contributed by atoms with Gasteiger partial charge in [-0.2, -0.15) is 0 Å². The third-order valence-electron chi connectivity index (χ3n) is 3.57. The monoisotopic (exact) mass is 245 g/mol. The molecule has 1 saturated heterocycles. The molecule has 4 heteroatoms. The van der Waals surface area contributed by atoms with Gasteiger partial charge in [0.25, 0.3) is 0 Å². The molecule has 0 spiro atoms. The summed E-state index contributed by atoms with van der Waals surface area (Å²) < 4.78 is 5.84. The van der Waals surface area contributed by atoms with Gasteiger partial charge >= 0.3 is 0 Å². The van der Waals surface area contributed by atoms with E-state index in [0.29, 0.717) is 0 Å². The van der Waals surface area contributed by atoms with Crippen molar-refractivity contribution >= 4 is 16.7 Å². The Kier molecular flexibility index (Phi) is 2.97. The van der Waals surface area contributed by atoms with Crippen LogP contribution in [0.1, 0.15) is 5.76 Å². The third-order valence-corrected chi connectivity index (χ3v) is 3.57. The van der Waals surface area contributed by atoms with Crippen LogP contribution in [0.3, 0.4) is 0 Å². The Balaban J connectivity index is 1.74. The summed E-state index contributed by atoms with van der Waals surface area (Å²) in [4.78, 5) is 4.79. The maximum atomic E-state index is 5.84. The molecule has 3 rings (SSSR count). The topological polar surface area (TPSA) is 45.6 Å². The van der Waals surface area contributed by atoms with Crippen molar-refractivity contribution in [2.75, 3.05) is 39.0 Å². The highest BCUT2D eigenvalue weighted by molar-refractivity contribution is 5.81. The molecule has 1 fully saturated rings. The van der Waals surface area contributed by atoms with E-state index in [-0.39, 0.29) is 0 Å². The van der Waals surface area contributed by atoms with Crippen molar-refractivity contribution in [1.82, 2.24) is 9.80 Å². The van der Waals surface area contributed by atoms with Crippen LogP contribution < -0.4 is 5.73 Å². The fraction of sp³-hybridized carbons (Fsp3) is 0.429. The van der Waals surface area contributed by atoms with Crippen molar-refractivity contribution in [3.05, 3.63) is 30.0 Å². The Labute approximate surface area is 107 Å². The molecule has 1 aromatic carbocycles. The summed E-state index contributed by atoms with van der Waals surface area (Å²) in [5.41, 5.74) is 7.49. The van der Waals surface area contributed by atoms with Gasteiger partial charge in [0.1, 0.15) is 11.3 Å². The molecular formula is C14H19N3O. The largest absolute Gasteiger partial charge is 0.460 e. The standard InChI is InChI=1S/C14H19N3O/c1-16-4-6-17(7-5-16)10-13-9-11-8-12(15)2-3-14(11)18-13/h2-3,8-9H,4-7,10,15H2,1H3. The molecular weight excluding hydrogens is 226 g/mol. The van der Waals surface area contributed by atoms with Crippen LogP contribution in [0.4, 0.5) is 5.69 Å². The number of benzene rings is 1. The summed E-state index contributed by atoms with van der Waals surface area (Å²) in [6, 6.07) is 7.89. The van der Waals surface area contributed by atoms with Gasteiger partial charge in [-0.1, -0.05) is 0 Å². The Morgan fingerprint density at radius 1 is 1.17 bits per heavy atom. The first-order valence-electron chi connectivity index (χ1n) is 6.39. The molecule has 4 nitrogen and oxygen atoms in total. The highest BCUT2D eigenvalue weighted by Gasteiger charge is 2.15. The molecule has 2 N–H and O–H groups in total. The number of furan rings is 1. The molecule has 1 aliphatic heterocycles. The molecule has 0 radical (unpaired) electrons. The summed E-state index contributed by atoms with van der Waals surface area (Å²) in [7, 11) is 2.17. The van der Waals surface area contributed by atoms with Gasteiger partial charge in [-0.05, 0) is 31.3 Å². The molecule has 96 valence electrons. The van der Waals surface area contributed by atoms with Crippen molar-refractivity contribution in [1.29, 1.82) is 0 Å². The SMILES string of the molecule is CN1CCN(Cc2cc3cc(N)ccc3o2)CC1. The predicted octanol–water partition coefficient (Wildman–Crippen LogP) is 1.76. The molecule has 0 amide bonds. The number of hydrogen-bond acceptors (Lipinski definition) is 4. The fourth-order valence-corrected chi connectivity index (χ4v) is 2.42. The quantitative estimate of drug-likeness (QED) is 0.819. The normalized spacial score (nSPS) is 18.5. The van der Waals surface area contributed by atoms with Crippen LogP contribution in [0, 0.1) is 0 Å². The Bertz CT molecular complexity index is 541. The van der Waals surface area contributed by atoms with Gasteiger partial charge in [0.2, 0.25) is 0 Å². The smallest absolute Gasteiger partial charge is 0.134 e. The Morgan fingerprint density at radius 3 is 2.72 bits per heavy atom. The summed E-state index contributed by atoms with van der Waals surface area (Å²) in [5, 5.41) is 1.10. The van der Waals surface area contributed by atoms with E-state index in [2.05, 4.69) is 22.9 Å². The average molecular weight is 245 g/mol. The summed E-state index contributed by atoms with van der Waals surface area (Å²) >= 11 is 0. The van der Waals surface area contributed by atoms with E-state index in [4.69, 9.17) is 10.2 Å². The van der Waals surface area contributed by atoms with Crippen molar-refractivity contribution in [3.63, 3.8) is 0 Å². The lowest BCUT2D eigenvalue weighted by atomic mass is 10.2. The summed E-state index contributed by atoms with van der Waals surface area (Å²) in [6.07, 6.45) is 0. The fourth-order valence-electron chi connectivity index (χ4n) is 2.42. The Hall–Kier alpha value is -1.52. The van der Waals surface area contributed by atoms with Crippen LogP contribution in [-0.2, 0) is 6.54 Å². The first kappa shape index (κ1) is 11.6. The lowest BCUT2D eigenvalue weighted by molar-refractivity contribution is 0.141. The van der Waals surface area contributed by atoms with E-state index in [1.165, 1.54) is 0 Å². The summed E-state index contributed by atoms with van der Waals surface area (Å²) in [6.45, 7) is 5.37. The van der Waals surface area contributed by atoms with E-state index >= 15 is 0 Å². The maximum Gasteiger partial charge on any atom is 0.134 e. The first-order valence-corrected chi connectivity index (χ1v) is 6.39. The molecule has 0 unspecified atom stereocenters. The zero-order chi connectivity index (χ0) is 12.5. The maximum absolute atomic E-state index is 5.84. The number of nitrogens with zero attached hydrogens (tertiary/aromatic N) is 2. The van der Waals surface area contributed by atoms with Crippen molar-refractivity contribution in [2.45, 2.75) is 6.54 Å². The van der Waals surface area contributed by atoms with E-state index in [1.807, 2.05) is 18.2 Å². The minimum absolute atomic E-state index is 0.787. The van der Waals surface area contributed by atoms with Gasteiger partial charge in [-0.15, -0.1) is 0 Å². The van der Waals surface area contributed by atoms with Gasteiger partial charge < -0.3 is 15.1 Å². The molecule has 1 aromatic heterocycles. The second kappa shape index (κ2) is 4.63. The number of fused-ring (bicyclic) bond motifs is 1. The number of nitrogens with two attached hydrogens (primary N) is 1. The van der Waals surface area contributed by atoms with E-state index in [1.54, 1.807) is 0 Å². The molecule has 0 saturated carbocycles. The van der Waals surface area contributed by atoms with Gasteiger partial charge in [0.15, 0.2) is 0 Å². The van der Waals surface area contributed by atoms with Gasteiger partial charge in [-0.3, -0.25) is 4.90 Å². The molecule has 18 heavy (non-hydrogen) atoms. The number of anilines is 1. The first-order chi connectivity index (χ1) is 8.70. The van der Waals surface area contributed by atoms with Crippen molar-refractivity contribution in [3.8, 4) is 0 Å². The number of rotatable bonds is 2. The minimum atomic E-state index is 0.787. The van der Waals surface area contributed by atoms with Crippen LogP contribution in [0.2, 0.25) is 0 Å². The number of nitrogen functional groups attached to an aromatic ring is 1. The van der Waals surface area contributed by atoms with Crippen LogP contribution in [0.25, 0.3) is 11.0 Å². The van der Waals surface area contributed by atoms with E-state index in [0.717, 1.165) is 55.1 Å². The second-order valence-corrected chi connectivity index (χ2v) is 5.09. The predicted molar refractivity (Wildman–Crippen MR) is 73.4 cm³/mol. The molecule has 0 bridgehead atoms. The van der Waals surface area contributed by atoms with Gasteiger partial charge in [0, 0.05) is 37.3 Å². The number of piperazine rings is 1. The van der Waals surface area contributed by atoms with Crippen LogP contribution in [0.5, 0.6) is 0 Å². The van der Waals surface area contributed by atoms with Crippen molar-refractivity contribution < 1.29 is 4.42 Å². The Morgan fingerprint density at radius 2 is 1.94 bits per heavy atom. The van der Waals surface area contributed by atoms with Crippen LogP contribution in [0.15, 0.2) is 28.7 Å². The minimum Gasteiger partial charge on any atom is -0.460 e. The zero-order valence-corrected chi connectivity index (χ0v) is 10.7. The van der Waals surface area contributed by atoms with Gasteiger partial charge in [0.05, 0.1) is 6.54 Å². The van der Waals surface area contributed by atoms with E-state index < -0.39 is 0 Å². The van der Waals surface area contributed by atoms with Crippen LogP contribution in [-0.4, -0.2) is 43.0 Å². The van der Waals surface area contributed by atoms with Crippen LogP contribution >= 0.6 is 0 Å². The number of hydrogen-bond donors (Lipinski definition) is 1. The highest BCUT2D eigenvalue weighted by Crippen LogP contribution is 2.22. The van der Waals surface area contributed by atoms with Gasteiger partial charge in [-0.25, -0.2) is 0 Å². The summed E-state index contributed by atoms with van der Waals surface area (Å²) in [5.74, 6) is 1.03. The molecule has 2 heterocycles. The number of likely N-dealkylation sites (N-methyl/N-ethyl adjacent to an activating group) is 1. The second-order valence-electron chi connectivity index (χ2n) is 5.09. The third kappa shape index (κ3) is 2.35. The van der Waals surface area contributed by atoms with Crippen molar-refractivity contribution in [2.24, 2.45) is 0 Å². The molecule has 1 aliphatic rings. The van der Waals surface area contributed by atoms with E-state index in [9.17, 15) is 0 Å².